The summed E-state index contributed by atoms with van der Waals surface area (Å²) in [6.45, 7) is 0. The molecule has 0 unspecified atom stereocenters. The van der Waals surface area contributed by atoms with Crippen molar-refractivity contribution >= 4 is 21.4 Å². The lowest BCUT2D eigenvalue weighted by Gasteiger charge is -2.32. The number of benzene rings is 3. The van der Waals surface area contributed by atoms with Crippen molar-refractivity contribution in [1.29, 1.82) is 0 Å². The predicted molar refractivity (Wildman–Crippen MR) is 130 cm³/mol. The number of fused-ring (bicyclic) bond motifs is 1. The topological polar surface area (TPSA) is 107 Å². The van der Waals surface area contributed by atoms with Crippen molar-refractivity contribution in [2.45, 2.75) is 23.1 Å². The smallest absolute Gasteiger partial charge is 0.421 e. The van der Waals surface area contributed by atoms with Crippen molar-refractivity contribution in [2.75, 3.05) is 5.32 Å². The first kappa shape index (κ1) is 27.0. The highest BCUT2D eigenvalue weighted by molar-refractivity contribution is 7.90. The Labute approximate surface area is 223 Å². The number of carbonyl (C=O) groups excluding carboxylic acids is 1. The minimum Gasteiger partial charge on any atom is -0.421 e. The van der Waals surface area contributed by atoms with Gasteiger partial charge in [-0.2, -0.15) is 17.6 Å². The molecule has 3 aromatic carbocycles. The Balaban J connectivity index is 1.36. The molecule has 1 aliphatic heterocycles. The summed E-state index contributed by atoms with van der Waals surface area (Å²) in [5.41, 5.74) is 0.445. The van der Waals surface area contributed by atoms with Crippen LogP contribution >= 0.6 is 0 Å². The van der Waals surface area contributed by atoms with Crippen LogP contribution in [0.3, 0.4) is 0 Å². The fourth-order valence-electron chi connectivity index (χ4n) is 3.70. The minimum absolute atomic E-state index is 0.192. The van der Waals surface area contributed by atoms with Crippen molar-refractivity contribution in [2.24, 2.45) is 0 Å². The monoisotopic (exact) mass is 577 g/mol. The van der Waals surface area contributed by atoms with Crippen molar-refractivity contribution in [3.8, 4) is 22.8 Å². The fraction of sp³-hybridized carbons (Fsp3) is 0.115. The number of hydrogen-bond acceptors (Lipinski definition) is 7. The van der Waals surface area contributed by atoms with E-state index >= 15 is 0 Å². The molecule has 14 heteroatoms. The van der Waals surface area contributed by atoms with Gasteiger partial charge < -0.3 is 14.8 Å². The van der Waals surface area contributed by atoms with Gasteiger partial charge in [0.1, 0.15) is 5.82 Å². The zero-order valence-corrected chi connectivity index (χ0v) is 20.8. The van der Waals surface area contributed by atoms with Gasteiger partial charge in [0, 0.05) is 23.0 Å². The van der Waals surface area contributed by atoms with Crippen molar-refractivity contribution in [3.05, 3.63) is 95.9 Å². The van der Waals surface area contributed by atoms with Gasteiger partial charge >= 0.3 is 12.2 Å². The fourth-order valence-corrected chi connectivity index (χ4v) is 4.92. The zero-order chi connectivity index (χ0) is 28.7. The van der Waals surface area contributed by atoms with Crippen molar-refractivity contribution in [3.63, 3.8) is 0 Å². The lowest BCUT2D eigenvalue weighted by molar-refractivity contribution is -0.391. The van der Waals surface area contributed by atoms with E-state index in [1.165, 1.54) is 66.7 Å². The number of sulfone groups is 1. The molecule has 40 heavy (non-hydrogen) atoms. The molecule has 4 aromatic rings. The summed E-state index contributed by atoms with van der Waals surface area (Å²) in [5.74, 6) is -2.96. The average Bonchev–Trinajstić information content (AvgIpc) is 2.90. The van der Waals surface area contributed by atoms with E-state index in [2.05, 4.69) is 24.8 Å². The first-order valence-electron chi connectivity index (χ1n) is 11.3. The van der Waals surface area contributed by atoms with Crippen LogP contribution in [0.5, 0.6) is 11.5 Å². The maximum absolute atomic E-state index is 13.8. The number of halogens is 5. The van der Waals surface area contributed by atoms with Gasteiger partial charge in [0.05, 0.1) is 11.4 Å². The van der Waals surface area contributed by atoms with Crippen LogP contribution in [0.4, 0.5) is 27.6 Å². The molecule has 0 bridgehead atoms. The third kappa shape index (κ3) is 5.30. The second kappa shape index (κ2) is 9.86. The van der Waals surface area contributed by atoms with Gasteiger partial charge in [0.15, 0.2) is 11.5 Å². The van der Waals surface area contributed by atoms with Gasteiger partial charge in [-0.05, 0) is 60.2 Å². The summed E-state index contributed by atoms with van der Waals surface area (Å²) in [7, 11) is -4.19. The van der Waals surface area contributed by atoms with Gasteiger partial charge in [-0.25, -0.2) is 22.8 Å². The molecule has 1 N–H and O–H groups in total. The number of rotatable bonds is 6. The summed E-state index contributed by atoms with van der Waals surface area (Å²) >= 11 is 0. The summed E-state index contributed by atoms with van der Waals surface area (Å²) < 4.78 is 102. The maximum atomic E-state index is 13.8. The Morgan fingerprint density at radius 2 is 1.55 bits per heavy atom. The second-order valence-electron chi connectivity index (χ2n) is 8.51. The van der Waals surface area contributed by atoms with Crippen molar-refractivity contribution < 1.29 is 44.6 Å². The number of alkyl halides is 4. The van der Waals surface area contributed by atoms with Crippen LogP contribution in [0.1, 0.15) is 15.9 Å². The standard InChI is InChI=1S/C26H16F5N3O5S/c27-17-8-10-18(11-9-17)33-23(35)16-6-4-15(5-7-16)14-40(36,37)24-32-13-12-20(34-24)19-2-1-3-21-22(19)39-26(30,31)25(28,29)38-21/h1-13H,14H2,(H,33,35). The van der Waals surface area contributed by atoms with E-state index in [4.69, 9.17) is 0 Å². The molecule has 0 saturated carbocycles. The van der Waals surface area contributed by atoms with Gasteiger partial charge in [-0.1, -0.05) is 18.2 Å². The van der Waals surface area contributed by atoms with Crippen LogP contribution in [0.15, 0.2) is 84.1 Å². The van der Waals surface area contributed by atoms with Crippen LogP contribution < -0.4 is 14.8 Å². The molecular weight excluding hydrogens is 561 g/mol. The summed E-state index contributed by atoms with van der Waals surface area (Å²) in [4.78, 5) is 20.1. The minimum atomic E-state index is -4.99. The first-order valence-corrected chi connectivity index (χ1v) is 13.0. The van der Waals surface area contributed by atoms with Gasteiger partial charge in [0.25, 0.3) is 5.91 Å². The van der Waals surface area contributed by atoms with E-state index in [1.54, 1.807) is 0 Å². The molecule has 1 aromatic heterocycles. The number of hydrogen-bond donors (Lipinski definition) is 1. The maximum Gasteiger partial charge on any atom is 0.507 e. The lowest BCUT2D eigenvalue weighted by Crippen LogP contribution is -2.52. The molecule has 5 rings (SSSR count). The number of ether oxygens (including phenoxy) is 2. The number of nitrogens with one attached hydrogen (secondary N) is 1. The molecule has 8 nitrogen and oxygen atoms in total. The Morgan fingerprint density at radius 3 is 2.25 bits per heavy atom. The predicted octanol–water partition coefficient (Wildman–Crippen LogP) is 5.47. The molecule has 1 amide bonds. The number of amides is 1. The first-order chi connectivity index (χ1) is 18.8. The number of nitrogens with zero attached hydrogens (tertiary/aromatic N) is 2. The molecule has 0 fully saturated rings. The van der Waals surface area contributed by atoms with Gasteiger partial charge in [-0.15, -0.1) is 0 Å². The third-order valence-corrected chi connectivity index (χ3v) is 7.12. The lowest BCUT2D eigenvalue weighted by atomic mass is 10.1. The molecule has 0 spiro atoms. The summed E-state index contributed by atoms with van der Waals surface area (Å²) in [6, 6.07) is 15.3. The number of aromatic nitrogens is 2. The third-order valence-electron chi connectivity index (χ3n) is 5.65. The van der Waals surface area contributed by atoms with Crippen LogP contribution in [0.2, 0.25) is 0 Å². The highest BCUT2D eigenvalue weighted by atomic mass is 32.2. The SMILES string of the molecule is O=C(Nc1ccc(F)cc1)c1ccc(CS(=O)(=O)c2nccc(-c3cccc4c3OC(F)(F)C(F)(F)O4)n2)cc1. The molecule has 206 valence electrons. The molecule has 0 radical (unpaired) electrons. The highest BCUT2D eigenvalue weighted by Gasteiger charge is 2.66. The number of para-hydroxylation sites is 1. The highest BCUT2D eigenvalue weighted by Crippen LogP contribution is 2.50. The number of anilines is 1. The summed E-state index contributed by atoms with van der Waals surface area (Å²) in [6.07, 6.45) is -8.84. The van der Waals surface area contributed by atoms with E-state index < -0.39 is 56.2 Å². The van der Waals surface area contributed by atoms with Crippen LogP contribution in [0.25, 0.3) is 11.3 Å². The van der Waals surface area contributed by atoms with E-state index in [9.17, 15) is 35.2 Å². The quantitative estimate of drug-likeness (QED) is 0.239. The van der Waals surface area contributed by atoms with E-state index in [0.717, 1.165) is 12.3 Å². The second-order valence-corrected chi connectivity index (χ2v) is 10.4. The molecule has 2 heterocycles. The molecule has 0 aliphatic carbocycles. The Kier molecular flexibility index (Phi) is 6.66. The zero-order valence-electron chi connectivity index (χ0n) is 19.9. The van der Waals surface area contributed by atoms with Crippen LogP contribution in [-0.2, 0) is 15.6 Å². The van der Waals surface area contributed by atoms with Crippen LogP contribution in [-0.4, -0.2) is 36.5 Å². The Hall–Kier alpha value is -4.59. The van der Waals surface area contributed by atoms with E-state index in [0.29, 0.717) is 5.69 Å². The molecule has 0 saturated heterocycles. The molecule has 0 atom stereocenters. The Bertz CT molecular complexity index is 1700. The normalized spacial score (nSPS) is 15.3. The van der Waals surface area contributed by atoms with Gasteiger partial charge in [-0.3, -0.25) is 4.79 Å². The number of carbonyl (C=O) groups is 1. The molecular formula is C26H16F5N3O5S. The van der Waals surface area contributed by atoms with Crippen LogP contribution in [0, 0.1) is 5.82 Å². The Morgan fingerprint density at radius 1 is 0.875 bits per heavy atom. The van der Waals surface area contributed by atoms with Crippen molar-refractivity contribution in [1.82, 2.24) is 9.97 Å². The van der Waals surface area contributed by atoms with E-state index in [1.807, 2.05) is 0 Å². The van der Waals surface area contributed by atoms with Gasteiger partial charge in [0.2, 0.25) is 15.0 Å². The molecule has 1 aliphatic rings. The van der Waals surface area contributed by atoms with E-state index in [-0.39, 0.29) is 22.4 Å². The summed E-state index contributed by atoms with van der Waals surface area (Å²) in [5, 5.41) is 1.92. The largest absolute Gasteiger partial charge is 0.507 e. The average molecular weight is 577 g/mol.